The van der Waals surface area contributed by atoms with E-state index >= 15 is 0 Å². The molecule has 1 aliphatic heterocycles. The molecular formula is C26H31N7O4. The van der Waals surface area contributed by atoms with E-state index in [1.54, 1.807) is 31.5 Å². The Kier molecular flexibility index (Phi) is 6.22. The summed E-state index contributed by atoms with van der Waals surface area (Å²) < 4.78 is 12.9. The number of aldehydes is 1. The van der Waals surface area contributed by atoms with Gasteiger partial charge in [0.25, 0.3) is 0 Å². The second-order valence-corrected chi connectivity index (χ2v) is 10.2. The second kappa shape index (κ2) is 9.38. The SMILES string of the molecule is CCOc1cc(-c2ccc(N3CCC(C=O)(NC(=O)OC(C)(C)C)CC3)nc2)c2c3cn[nH]c3nn2c1. The summed E-state index contributed by atoms with van der Waals surface area (Å²) in [6.45, 7) is 9.01. The van der Waals surface area contributed by atoms with Crippen LogP contribution in [0.25, 0.3) is 27.7 Å². The molecule has 5 rings (SSSR count). The first-order valence-corrected chi connectivity index (χ1v) is 12.4. The summed E-state index contributed by atoms with van der Waals surface area (Å²) in [7, 11) is 0. The van der Waals surface area contributed by atoms with Gasteiger partial charge < -0.3 is 24.5 Å². The molecular weight excluding hydrogens is 474 g/mol. The van der Waals surface area contributed by atoms with Gasteiger partial charge in [0, 0.05) is 30.4 Å². The maximum atomic E-state index is 12.3. The van der Waals surface area contributed by atoms with E-state index in [9.17, 15) is 9.59 Å². The Hall–Kier alpha value is -4.15. The zero-order chi connectivity index (χ0) is 26.2. The van der Waals surface area contributed by atoms with Crippen molar-refractivity contribution in [2.45, 2.75) is 51.7 Å². The van der Waals surface area contributed by atoms with Gasteiger partial charge in [-0.25, -0.2) is 14.3 Å². The minimum absolute atomic E-state index is 0.463. The van der Waals surface area contributed by atoms with Crippen molar-refractivity contribution in [2.75, 3.05) is 24.6 Å². The maximum absolute atomic E-state index is 12.3. The van der Waals surface area contributed by atoms with E-state index in [1.807, 2.05) is 37.5 Å². The molecule has 1 saturated heterocycles. The molecule has 0 aromatic carbocycles. The Balaban J connectivity index is 1.35. The molecule has 11 nitrogen and oxygen atoms in total. The van der Waals surface area contributed by atoms with Crippen molar-refractivity contribution in [3.8, 4) is 16.9 Å². The van der Waals surface area contributed by atoms with E-state index in [0.29, 0.717) is 43.9 Å². The van der Waals surface area contributed by atoms with E-state index in [-0.39, 0.29) is 0 Å². The van der Waals surface area contributed by atoms with Crippen LogP contribution in [0.3, 0.4) is 0 Å². The van der Waals surface area contributed by atoms with Crippen LogP contribution in [0.4, 0.5) is 10.6 Å². The van der Waals surface area contributed by atoms with E-state index in [4.69, 9.17) is 14.5 Å². The number of rotatable bonds is 6. The molecule has 0 spiro atoms. The van der Waals surface area contributed by atoms with E-state index in [1.165, 1.54) is 0 Å². The fourth-order valence-corrected chi connectivity index (χ4v) is 4.65. The number of hydrogen-bond donors (Lipinski definition) is 2. The van der Waals surface area contributed by atoms with Gasteiger partial charge in [-0.3, -0.25) is 5.10 Å². The van der Waals surface area contributed by atoms with E-state index in [0.717, 1.165) is 34.1 Å². The van der Waals surface area contributed by atoms with Crippen LogP contribution in [0.2, 0.25) is 0 Å². The van der Waals surface area contributed by atoms with E-state index in [2.05, 4.69) is 25.5 Å². The molecule has 2 N–H and O–H groups in total. The number of anilines is 1. The van der Waals surface area contributed by atoms with Gasteiger partial charge in [-0.05, 0) is 58.7 Å². The third-order valence-corrected chi connectivity index (χ3v) is 6.43. The second-order valence-electron chi connectivity index (χ2n) is 10.2. The number of aromatic nitrogens is 5. The van der Waals surface area contributed by atoms with Crippen molar-refractivity contribution < 1.29 is 19.1 Å². The molecule has 1 fully saturated rings. The lowest BCUT2D eigenvalue weighted by molar-refractivity contribution is -0.114. The molecule has 0 aliphatic carbocycles. The summed E-state index contributed by atoms with van der Waals surface area (Å²) in [6.07, 6.45) is 6.62. The fourth-order valence-electron chi connectivity index (χ4n) is 4.65. The third kappa shape index (κ3) is 4.93. The van der Waals surface area contributed by atoms with Gasteiger partial charge in [0.05, 0.1) is 29.9 Å². The van der Waals surface area contributed by atoms with Crippen molar-refractivity contribution >= 4 is 34.7 Å². The Morgan fingerprint density at radius 3 is 2.68 bits per heavy atom. The Labute approximate surface area is 214 Å². The highest BCUT2D eigenvalue weighted by Gasteiger charge is 2.37. The normalized spacial score (nSPS) is 15.6. The number of hydrogen-bond acceptors (Lipinski definition) is 8. The average Bonchev–Trinajstić information content (AvgIpc) is 3.44. The van der Waals surface area contributed by atoms with E-state index < -0.39 is 17.2 Å². The monoisotopic (exact) mass is 505 g/mol. The number of nitrogens with zero attached hydrogens (tertiary/aromatic N) is 5. The molecule has 0 saturated carbocycles. The lowest BCUT2D eigenvalue weighted by Crippen LogP contribution is -2.57. The molecule has 0 bridgehead atoms. The molecule has 0 radical (unpaired) electrons. The summed E-state index contributed by atoms with van der Waals surface area (Å²) in [5, 5.41) is 15.3. The quantitative estimate of drug-likeness (QED) is 0.380. The zero-order valence-corrected chi connectivity index (χ0v) is 21.4. The summed E-state index contributed by atoms with van der Waals surface area (Å²) >= 11 is 0. The van der Waals surface area contributed by atoms with Gasteiger partial charge in [-0.1, -0.05) is 0 Å². The summed E-state index contributed by atoms with van der Waals surface area (Å²) in [4.78, 5) is 31.1. The number of pyridine rings is 2. The maximum Gasteiger partial charge on any atom is 0.408 e. The van der Waals surface area contributed by atoms with Crippen LogP contribution in [0.1, 0.15) is 40.5 Å². The molecule has 0 atom stereocenters. The number of fused-ring (bicyclic) bond motifs is 3. The molecule has 194 valence electrons. The van der Waals surface area contributed by atoms with Crippen LogP contribution in [0.15, 0.2) is 36.8 Å². The molecule has 11 heteroatoms. The lowest BCUT2D eigenvalue weighted by Gasteiger charge is -2.39. The highest BCUT2D eigenvalue weighted by atomic mass is 16.6. The first-order chi connectivity index (χ1) is 17.7. The summed E-state index contributed by atoms with van der Waals surface area (Å²) in [5.74, 6) is 1.52. The molecule has 0 unspecified atom stereocenters. The number of carbonyl (C=O) groups excluding carboxylic acids is 2. The van der Waals surface area contributed by atoms with Crippen molar-refractivity contribution in [2.24, 2.45) is 0 Å². The first kappa shape index (κ1) is 24.5. The van der Waals surface area contributed by atoms with Crippen LogP contribution >= 0.6 is 0 Å². The number of amides is 1. The average molecular weight is 506 g/mol. The molecule has 4 aromatic rings. The van der Waals surface area contributed by atoms with Gasteiger partial charge in [-0.15, -0.1) is 5.10 Å². The number of H-pyrrole nitrogens is 1. The van der Waals surface area contributed by atoms with Gasteiger partial charge in [0.2, 0.25) is 0 Å². The Bertz CT molecular complexity index is 1430. The molecule has 1 aliphatic rings. The van der Waals surface area contributed by atoms with Crippen LogP contribution < -0.4 is 15.0 Å². The standard InChI is InChI=1S/C26H31N7O4/c1-5-36-18-12-19(22-20-14-28-30-23(20)31-33(22)15-18)17-6-7-21(27-13-17)32-10-8-26(16-34,9-11-32)29-24(35)37-25(2,3)4/h6-7,12-16H,5,8-11H2,1-4H3,(H,29,35)(H,30,31). The Morgan fingerprint density at radius 2 is 2.03 bits per heavy atom. The van der Waals surface area contributed by atoms with Gasteiger partial charge >= 0.3 is 6.09 Å². The third-order valence-electron chi connectivity index (χ3n) is 6.43. The number of carbonyl (C=O) groups is 2. The first-order valence-electron chi connectivity index (χ1n) is 12.4. The largest absolute Gasteiger partial charge is 0.492 e. The fraction of sp³-hybridized carbons (Fsp3) is 0.423. The lowest BCUT2D eigenvalue weighted by atomic mass is 9.89. The minimum Gasteiger partial charge on any atom is -0.492 e. The van der Waals surface area contributed by atoms with Crippen molar-refractivity contribution in [3.63, 3.8) is 0 Å². The minimum atomic E-state index is -0.942. The highest BCUT2D eigenvalue weighted by molar-refractivity contribution is 6.00. The molecule has 4 aromatic heterocycles. The summed E-state index contributed by atoms with van der Waals surface area (Å²) in [5.41, 5.74) is 1.91. The van der Waals surface area contributed by atoms with Gasteiger partial charge in [0.1, 0.15) is 29.0 Å². The zero-order valence-electron chi connectivity index (χ0n) is 21.4. The van der Waals surface area contributed by atoms with Crippen LogP contribution in [0, 0.1) is 0 Å². The molecule has 37 heavy (non-hydrogen) atoms. The smallest absolute Gasteiger partial charge is 0.408 e. The Morgan fingerprint density at radius 1 is 1.24 bits per heavy atom. The molecule has 5 heterocycles. The summed E-state index contributed by atoms with van der Waals surface area (Å²) in [6, 6.07) is 5.98. The number of ether oxygens (including phenoxy) is 2. The van der Waals surface area contributed by atoms with Gasteiger partial charge in [-0.2, -0.15) is 5.10 Å². The van der Waals surface area contributed by atoms with Gasteiger partial charge in [0.15, 0.2) is 5.65 Å². The number of alkyl carbamates (subject to hydrolysis) is 1. The number of piperidine rings is 1. The van der Waals surface area contributed by atoms with Crippen LogP contribution in [0.5, 0.6) is 5.75 Å². The van der Waals surface area contributed by atoms with Crippen molar-refractivity contribution in [1.29, 1.82) is 0 Å². The predicted molar refractivity (Wildman–Crippen MR) is 139 cm³/mol. The molecule has 1 amide bonds. The van der Waals surface area contributed by atoms with Crippen molar-refractivity contribution in [3.05, 3.63) is 36.8 Å². The highest BCUT2D eigenvalue weighted by Crippen LogP contribution is 2.34. The van der Waals surface area contributed by atoms with Crippen molar-refractivity contribution in [1.82, 2.24) is 30.1 Å². The predicted octanol–water partition coefficient (Wildman–Crippen LogP) is 3.73. The topological polar surface area (TPSA) is 127 Å². The number of aromatic amines is 1. The van der Waals surface area contributed by atoms with Crippen LogP contribution in [-0.2, 0) is 9.53 Å². The number of nitrogens with one attached hydrogen (secondary N) is 2. The van der Waals surface area contributed by atoms with Crippen LogP contribution in [-0.4, -0.2) is 68.0 Å².